The Labute approximate surface area is 864 Å². The zero-order valence-corrected chi connectivity index (χ0v) is 85.8. The fourth-order valence-electron chi connectivity index (χ4n) is 16.2. The van der Waals surface area contributed by atoms with E-state index in [4.69, 9.17) is 68.2 Å². The number of H-pyrrole nitrogens is 2. The minimum atomic E-state index is -2.04. The summed E-state index contributed by atoms with van der Waals surface area (Å²) < 4.78 is 0. The maximum absolute atomic E-state index is 15.5. The molecule has 5 rings (SSSR count). The molecule has 0 aliphatic rings. The second-order valence-electron chi connectivity index (χ2n) is 36.8. The molecule has 0 saturated carbocycles. The van der Waals surface area contributed by atoms with Crippen molar-refractivity contribution in [2.45, 2.75) is 292 Å². The fourth-order valence-corrected chi connectivity index (χ4v) is 16.7. The number of aromatic nitrogens is 2. The van der Waals surface area contributed by atoms with Gasteiger partial charge in [0.1, 0.15) is 84.6 Å². The van der Waals surface area contributed by atoms with Gasteiger partial charge in [-0.05, 0) is 201 Å². The zero-order valence-electron chi connectivity index (χ0n) is 85.0. The number of primary amides is 3. The summed E-state index contributed by atoms with van der Waals surface area (Å²) >= 11 is 1.28. The Balaban J connectivity index is 1.50. The van der Waals surface area contributed by atoms with Crippen LogP contribution >= 0.6 is 11.8 Å². The first-order valence-corrected chi connectivity index (χ1v) is 51.7. The average Bonchev–Trinajstić information content (AvgIpc) is 1.66. The zero-order chi connectivity index (χ0) is 109. The minimum absolute atomic E-state index is 0.00692. The summed E-state index contributed by atoms with van der Waals surface area (Å²) in [6.07, 6.45) is 4.33. The van der Waals surface area contributed by atoms with Crippen LogP contribution in [0.1, 0.15) is 198 Å². The highest BCUT2D eigenvalue weighted by atomic mass is 32.2. The first-order chi connectivity index (χ1) is 70.6. The topological polar surface area (TPSA) is 859 Å². The molecule has 50 heteroatoms. The molecule has 49 nitrogen and oxygen atoms in total. The number of thioether (sulfide) groups is 1. The van der Waals surface area contributed by atoms with Gasteiger partial charge in [-0.3, -0.25) is 92.3 Å². The van der Waals surface area contributed by atoms with Gasteiger partial charge in [0.15, 0.2) is 11.9 Å². The third kappa shape index (κ3) is 44.3. The number of para-hydroxylation sites is 2. The lowest BCUT2D eigenvalue weighted by molar-refractivity contribution is -0.142. The highest BCUT2D eigenvalue weighted by molar-refractivity contribution is 7.98. The molecule has 5 aromatic rings. The van der Waals surface area contributed by atoms with Gasteiger partial charge in [0.2, 0.25) is 100 Å². The molecule has 818 valence electrons. The first kappa shape index (κ1) is 124. The Morgan fingerprint density at radius 3 is 1.00 bits per heavy atom. The number of fused-ring (bicyclic) bond motifs is 2. The molecule has 17 atom stereocenters. The maximum Gasteiger partial charge on any atom is 0.326 e. The first-order valence-electron chi connectivity index (χ1n) is 50.3. The molecule has 0 unspecified atom stereocenters. The number of carboxylic acids is 1. The van der Waals surface area contributed by atoms with Crippen molar-refractivity contribution < 1.29 is 91.4 Å². The number of carboxylic acid groups (broad SMARTS) is 1. The van der Waals surface area contributed by atoms with E-state index in [0.717, 1.165) is 0 Å². The standard InChI is InChI=1S/C98H156N30O19S/c1-6-55(3)80(127-82(132)62(103)37-39-77(104)129)94(144)121-67(33-17-21-44-101)89(139)128-81(56(4)7-2)95(145)126-75(51-59-54-114-64-30-14-12-28-61(59)64)92(142)123-73(49-57-25-9-8-10-26-57)90(140)119-70(38-40-78(105)130)87(137)125-76(52-79(106)131)93(143)118-69(36-24-47-112-98(109)110)83(133)116-68(35-23-46-111-97(107)108)84(134)120-71(41-48-148-5)88(138)115-66(32-16-20-43-100)86(136)124-74(50-58-53-113-63-29-13-11-27-60(58)63)91(141)117-65(31-15-19-42-99)85(135)122-72(96(146)147)34-18-22-45-102/h8-14,25-30,53-56,62,65-76,80-81,113-114H,6-7,15-24,31-52,99-103H2,1-5H3,(H2,104,129)(H2,105,130)(H2,106,131)(H,115,138)(H,116,133)(H,117,141)(H,118,143)(H,119,140)(H,120,134)(H,121,144)(H,122,135)(H,123,142)(H,124,136)(H,125,137)(H,126,145)(H,127,132)(H,128,139)(H,146,147)(H4,107,108,111)(H4,109,110,112)/t55-,56-,62-,65-,66-,67-,68-,69-,70-,71-,72-,73-,74-,75-,76-,80-,81-/m0/s1. The Kier molecular flexibility index (Phi) is 56.2. The molecule has 3 aromatic carbocycles. The monoisotopic (exact) mass is 2090 g/mol. The summed E-state index contributed by atoms with van der Waals surface area (Å²) in [5.74, 6) is -19.5. The lowest BCUT2D eigenvalue weighted by Gasteiger charge is -2.30. The molecule has 0 saturated heterocycles. The van der Waals surface area contributed by atoms with Crippen molar-refractivity contribution in [2.75, 3.05) is 51.3 Å². The Bertz CT molecular complexity index is 5210. The lowest BCUT2D eigenvalue weighted by Crippen LogP contribution is -2.62. The highest BCUT2D eigenvalue weighted by Gasteiger charge is 2.41. The van der Waals surface area contributed by atoms with E-state index in [0.29, 0.717) is 89.9 Å². The lowest BCUT2D eigenvalue weighted by atomic mass is 9.95. The summed E-state index contributed by atoms with van der Waals surface area (Å²) in [5.41, 5.74) is 60.3. The second-order valence-corrected chi connectivity index (χ2v) is 37.8. The van der Waals surface area contributed by atoms with Crippen molar-refractivity contribution in [1.29, 1.82) is 10.8 Å². The molecule has 2 aromatic heterocycles. The van der Waals surface area contributed by atoms with Crippen LogP contribution in [0.25, 0.3) is 21.8 Å². The summed E-state index contributed by atoms with van der Waals surface area (Å²) in [6.45, 7) is 7.61. The van der Waals surface area contributed by atoms with E-state index in [1.807, 2.05) is 0 Å². The Morgan fingerprint density at radius 2 is 0.635 bits per heavy atom. The molecular formula is C98H156N30O19S. The van der Waals surface area contributed by atoms with Gasteiger partial charge >= 0.3 is 5.97 Å². The number of benzene rings is 3. The molecule has 0 aliphatic carbocycles. The quantitative estimate of drug-likeness (QED) is 0.0101. The number of amides is 17. The van der Waals surface area contributed by atoms with Gasteiger partial charge < -0.3 is 157 Å². The van der Waals surface area contributed by atoms with Crippen molar-refractivity contribution in [3.05, 3.63) is 108 Å². The largest absolute Gasteiger partial charge is 0.480 e. The number of guanidine groups is 2. The van der Waals surface area contributed by atoms with Crippen LogP contribution in [-0.2, 0) is 106 Å². The number of carbonyl (C=O) groups is 18. The van der Waals surface area contributed by atoms with Gasteiger partial charge in [0.05, 0.1) is 12.5 Å². The van der Waals surface area contributed by atoms with E-state index >= 15 is 43.2 Å². The van der Waals surface area contributed by atoms with E-state index < -0.39 is 240 Å². The average molecular weight is 2090 g/mol. The normalized spacial score (nSPS) is 14.7. The maximum atomic E-state index is 15.5. The molecule has 148 heavy (non-hydrogen) atoms. The predicted octanol–water partition coefficient (Wildman–Crippen LogP) is -3.83. The smallest absolute Gasteiger partial charge is 0.326 e. The molecular weight excluding hydrogens is 1930 g/mol. The van der Waals surface area contributed by atoms with E-state index in [-0.39, 0.29) is 148 Å². The number of hydrogen-bond donors (Lipinski definition) is 31. The van der Waals surface area contributed by atoms with E-state index in [2.05, 4.69) is 95.0 Å². The fraction of sp³-hybridized carbons (Fsp3) is 0.571. The molecule has 2 heterocycles. The van der Waals surface area contributed by atoms with E-state index in [9.17, 15) is 48.3 Å². The summed E-state index contributed by atoms with van der Waals surface area (Å²) in [7, 11) is 0. The molecule has 0 radical (unpaired) electrons. The van der Waals surface area contributed by atoms with Gasteiger partial charge in [0.25, 0.3) is 0 Å². The number of aromatic amines is 2. The summed E-state index contributed by atoms with van der Waals surface area (Å²) in [4.78, 5) is 264. The number of aliphatic carboxylic acids is 1. The van der Waals surface area contributed by atoms with Gasteiger partial charge in [-0.1, -0.05) is 107 Å². The third-order valence-electron chi connectivity index (χ3n) is 25.1. The molecule has 0 fully saturated rings. The molecule has 0 bridgehead atoms. The number of rotatable bonds is 74. The van der Waals surface area contributed by atoms with Crippen LogP contribution in [0, 0.1) is 22.7 Å². The van der Waals surface area contributed by atoms with Crippen LogP contribution in [0.2, 0.25) is 0 Å². The molecule has 0 spiro atoms. The van der Waals surface area contributed by atoms with Gasteiger partial charge in [0, 0.05) is 79.4 Å². The van der Waals surface area contributed by atoms with Crippen LogP contribution in [-0.4, -0.2) is 275 Å². The number of unbranched alkanes of at least 4 members (excludes halogenated alkanes) is 4. The SMILES string of the molecule is CC[C@H](C)[C@H](NC(=O)[C@H](CCCCN)NC(=O)[C@@H](NC(=O)[C@@H](N)CCC(N)=O)[C@@H](C)CC)C(=O)N[C@@H](Cc1c[nH]c2ccccc12)C(=O)N[C@@H](Cc1ccccc1)C(=O)N[C@@H](CCC(N)=O)C(=O)N[C@@H](CC(N)=O)C(=O)N[C@@H](CCCNC(=N)N)C(=O)N[C@@H](CCCNC(=N)N)C(=O)N[C@@H](CCSC)C(=O)N[C@@H](CCCCN)C(=O)N[C@@H](Cc1c[nH]c2ccccc12)C(=O)N[C@@H](CCCCN)C(=O)N[C@@H](CCCCN)C(=O)O. The molecule has 41 N–H and O–H groups in total. The van der Waals surface area contributed by atoms with Crippen molar-refractivity contribution >= 4 is 152 Å². The summed E-state index contributed by atoms with van der Waals surface area (Å²) in [5, 5.41) is 69.8. The van der Waals surface area contributed by atoms with Crippen molar-refractivity contribution in [1.82, 2.24) is 95.0 Å². The van der Waals surface area contributed by atoms with Crippen LogP contribution in [0.3, 0.4) is 0 Å². The summed E-state index contributed by atoms with van der Waals surface area (Å²) in [6, 6.07) is -0.523. The molecule has 17 amide bonds. The Hall–Kier alpha value is -14.1. The van der Waals surface area contributed by atoms with Gasteiger partial charge in [-0.15, -0.1) is 0 Å². The van der Waals surface area contributed by atoms with E-state index in [1.165, 1.54) is 11.8 Å². The van der Waals surface area contributed by atoms with Crippen LogP contribution in [0.15, 0.2) is 91.3 Å². The third-order valence-corrected chi connectivity index (χ3v) is 25.8. The minimum Gasteiger partial charge on any atom is -0.480 e. The Morgan fingerprint density at radius 1 is 0.338 bits per heavy atom. The number of nitrogens with one attached hydrogen (secondary N) is 20. The van der Waals surface area contributed by atoms with Gasteiger partial charge in [-0.25, -0.2) is 4.79 Å². The van der Waals surface area contributed by atoms with Crippen LogP contribution in [0.5, 0.6) is 0 Å². The molecule has 0 aliphatic heterocycles. The van der Waals surface area contributed by atoms with Crippen molar-refractivity contribution in [3.8, 4) is 0 Å². The predicted molar refractivity (Wildman–Crippen MR) is 559 cm³/mol. The van der Waals surface area contributed by atoms with Crippen LogP contribution in [0.4, 0.5) is 0 Å². The number of hydrogen-bond acceptors (Lipinski definition) is 26. The second kappa shape index (κ2) is 66.9. The van der Waals surface area contributed by atoms with Crippen molar-refractivity contribution in [2.24, 2.45) is 69.2 Å². The van der Waals surface area contributed by atoms with Crippen molar-refractivity contribution in [3.63, 3.8) is 0 Å². The highest BCUT2D eigenvalue weighted by Crippen LogP contribution is 2.24. The number of nitrogens with two attached hydrogens (primary N) is 10. The van der Waals surface area contributed by atoms with E-state index in [1.54, 1.807) is 125 Å². The number of carbonyl (C=O) groups excluding carboxylic acids is 17. The van der Waals surface area contributed by atoms with Crippen LogP contribution < -0.4 is 142 Å². The van der Waals surface area contributed by atoms with Gasteiger partial charge in [-0.2, -0.15) is 11.8 Å².